The first-order valence-corrected chi connectivity index (χ1v) is 15.5. The number of esters is 1. The molecule has 10 nitrogen and oxygen atoms in total. The number of aromatic nitrogens is 1. The molecule has 1 saturated heterocycles. The molecule has 0 radical (unpaired) electrons. The minimum atomic E-state index is -0.967. The highest BCUT2D eigenvalue weighted by Gasteiger charge is 2.56. The van der Waals surface area contributed by atoms with E-state index < -0.39 is 42.0 Å². The van der Waals surface area contributed by atoms with Crippen LogP contribution in [0.15, 0.2) is 64.4 Å². The maximum absolute atomic E-state index is 13.0. The third-order valence-electron chi connectivity index (χ3n) is 8.73. The molecule has 3 N–H and O–H groups in total. The van der Waals surface area contributed by atoms with E-state index in [-0.39, 0.29) is 43.1 Å². The Morgan fingerprint density at radius 1 is 1.24 bits per heavy atom. The highest BCUT2D eigenvalue weighted by molar-refractivity contribution is 5.82. The third-order valence-corrected chi connectivity index (χ3v) is 8.73. The number of oxazole rings is 1. The zero-order chi connectivity index (χ0) is 33.3. The molecular formula is C35H49NO9. The van der Waals surface area contributed by atoms with Crippen LogP contribution >= 0.6 is 0 Å². The SMILES string of the molecule is CO[C@@H](/C(C)=C/C=C/C(C)=C/c1coc(C)n1)[C@@H](C)C1C[C@H](O)[C@]2(C)O[C@@H]2/C=C/[C@@H](C)[C@H](O)C[C@H](CC(=O)O)C/C=C/C(=O)O1. The van der Waals surface area contributed by atoms with Gasteiger partial charge in [-0.05, 0) is 56.8 Å². The zero-order valence-corrected chi connectivity index (χ0v) is 27.4. The van der Waals surface area contributed by atoms with Gasteiger partial charge in [0, 0.05) is 44.8 Å². The summed E-state index contributed by atoms with van der Waals surface area (Å²) in [7, 11) is 1.60. The maximum atomic E-state index is 13.0. The molecule has 2 aliphatic rings. The van der Waals surface area contributed by atoms with Crippen LogP contribution in [0.4, 0.5) is 0 Å². The summed E-state index contributed by atoms with van der Waals surface area (Å²) < 4.78 is 22.9. The summed E-state index contributed by atoms with van der Waals surface area (Å²) in [5.74, 6) is -1.92. The largest absolute Gasteiger partial charge is 0.481 e. The van der Waals surface area contributed by atoms with Crippen LogP contribution in [0.5, 0.6) is 0 Å². The molecule has 0 saturated carbocycles. The van der Waals surface area contributed by atoms with Gasteiger partial charge in [-0.2, -0.15) is 0 Å². The first-order chi connectivity index (χ1) is 21.2. The average molecular weight is 628 g/mol. The van der Waals surface area contributed by atoms with Gasteiger partial charge in [0.15, 0.2) is 5.89 Å². The molecule has 9 atom stereocenters. The topological polar surface area (TPSA) is 152 Å². The van der Waals surface area contributed by atoms with Gasteiger partial charge >= 0.3 is 11.9 Å². The Kier molecular flexibility index (Phi) is 13.1. The number of carboxylic acids is 1. The number of aliphatic carboxylic acids is 1. The van der Waals surface area contributed by atoms with Crippen LogP contribution in [0.25, 0.3) is 6.08 Å². The molecular weight excluding hydrogens is 578 g/mol. The summed E-state index contributed by atoms with van der Waals surface area (Å²) in [4.78, 5) is 28.8. The molecule has 3 rings (SSSR count). The van der Waals surface area contributed by atoms with Gasteiger partial charge in [-0.1, -0.05) is 50.3 Å². The number of nitrogens with zero attached hydrogens (tertiary/aromatic N) is 1. The van der Waals surface area contributed by atoms with Gasteiger partial charge in [-0.15, -0.1) is 0 Å². The van der Waals surface area contributed by atoms with E-state index in [1.807, 2.05) is 71.1 Å². The van der Waals surface area contributed by atoms with Crippen LogP contribution in [0.3, 0.4) is 0 Å². The van der Waals surface area contributed by atoms with Crippen LogP contribution in [0.2, 0.25) is 0 Å². The molecule has 248 valence electrons. The number of hydrogen-bond donors (Lipinski definition) is 3. The van der Waals surface area contributed by atoms with Crippen molar-refractivity contribution in [1.82, 2.24) is 4.98 Å². The van der Waals surface area contributed by atoms with Gasteiger partial charge in [0.2, 0.25) is 0 Å². The fourth-order valence-electron chi connectivity index (χ4n) is 5.76. The van der Waals surface area contributed by atoms with Gasteiger partial charge in [0.25, 0.3) is 0 Å². The Balaban J connectivity index is 1.82. The average Bonchev–Trinajstić information content (AvgIpc) is 3.47. The molecule has 1 aromatic rings. The summed E-state index contributed by atoms with van der Waals surface area (Å²) in [6.45, 7) is 11.3. The Hall–Kier alpha value is -3.31. The summed E-state index contributed by atoms with van der Waals surface area (Å²) in [6, 6.07) is 0. The number of carbonyl (C=O) groups is 2. The smallest absolute Gasteiger partial charge is 0.330 e. The number of carbonyl (C=O) groups excluding carboxylic acids is 1. The molecule has 1 aromatic heterocycles. The number of aliphatic hydroxyl groups is 2. The van der Waals surface area contributed by atoms with Gasteiger partial charge in [0.05, 0.1) is 18.3 Å². The quantitative estimate of drug-likeness (QED) is 0.141. The number of ether oxygens (including phenoxy) is 3. The molecule has 10 heteroatoms. The molecule has 45 heavy (non-hydrogen) atoms. The highest BCUT2D eigenvalue weighted by Crippen LogP contribution is 2.43. The van der Waals surface area contributed by atoms with Crippen molar-refractivity contribution in [3.05, 3.63) is 71.5 Å². The number of hydrogen-bond acceptors (Lipinski definition) is 9. The second-order valence-corrected chi connectivity index (χ2v) is 12.6. The second-order valence-electron chi connectivity index (χ2n) is 12.6. The van der Waals surface area contributed by atoms with Crippen molar-refractivity contribution in [2.24, 2.45) is 17.8 Å². The molecule has 1 unspecified atom stereocenters. The van der Waals surface area contributed by atoms with Crippen molar-refractivity contribution in [2.45, 2.75) is 103 Å². The van der Waals surface area contributed by atoms with Crippen LogP contribution < -0.4 is 0 Å². The number of rotatable bonds is 9. The van der Waals surface area contributed by atoms with Gasteiger partial charge in [-0.3, -0.25) is 4.79 Å². The summed E-state index contributed by atoms with van der Waals surface area (Å²) in [5.41, 5.74) is 1.74. The van der Waals surface area contributed by atoms with Crippen molar-refractivity contribution in [3.63, 3.8) is 0 Å². The van der Waals surface area contributed by atoms with E-state index in [1.54, 1.807) is 26.4 Å². The molecule has 2 aliphatic heterocycles. The molecule has 1 fully saturated rings. The zero-order valence-electron chi connectivity index (χ0n) is 27.4. The Morgan fingerprint density at radius 3 is 2.62 bits per heavy atom. The predicted octanol–water partition coefficient (Wildman–Crippen LogP) is 5.35. The highest BCUT2D eigenvalue weighted by atomic mass is 16.6. The molecule has 0 amide bonds. The Bertz CT molecular complexity index is 1310. The van der Waals surface area contributed by atoms with Crippen molar-refractivity contribution in [3.8, 4) is 0 Å². The number of cyclic esters (lactones) is 1. The molecule has 0 aromatic carbocycles. The number of methoxy groups -OCH3 is 1. The summed E-state index contributed by atoms with van der Waals surface area (Å²) in [5, 5.41) is 31.4. The third kappa shape index (κ3) is 10.6. The summed E-state index contributed by atoms with van der Waals surface area (Å²) >= 11 is 0. The number of aliphatic hydroxyl groups excluding tert-OH is 2. The van der Waals surface area contributed by atoms with E-state index in [1.165, 1.54) is 6.08 Å². The van der Waals surface area contributed by atoms with Gasteiger partial charge in [-0.25, -0.2) is 9.78 Å². The van der Waals surface area contributed by atoms with Gasteiger partial charge in [0.1, 0.15) is 29.8 Å². The van der Waals surface area contributed by atoms with Crippen LogP contribution in [-0.4, -0.2) is 75.5 Å². The molecule has 3 heterocycles. The van der Waals surface area contributed by atoms with E-state index in [2.05, 4.69) is 4.98 Å². The van der Waals surface area contributed by atoms with Crippen molar-refractivity contribution in [2.75, 3.05) is 7.11 Å². The number of fused-ring (bicyclic) bond motifs is 1. The lowest BCUT2D eigenvalue weighted by atomic mass is 9.85. The first-order valence-electron chi connectivity index (χ1n) is 15.5. The standard InChI is InChI=1S/C35H49NO9/c1-21(16-27-20-43-25(5)36-27)10-8-11-23(3)34(42-7)24(4)29-19-30(38)35(6)31(45-35)15-14-22(2)28(37)17-26(18-32(39)40)12-9-13-33(41)44-29/h8-11,13-16,20,22,24,26,28-31,34,37-38H,12,17-19H2,1-7H3,(H,39,40)/b10-8+,13-9+,15-14+,21-16+,23-11+/t22-,24+,26-,28-,29?,30+,31-,34+,35+/m1/s1. The van der Waals surface area contributed by atoms with Crippen molar-refractivity contribution < 1.29 is 43.5 Å². The lowest BCUT2D eigenvalue weighted by Gasteiger charge is -2.32. The Morgan fingerprint density at radius 2 is 1.98 bits per heavy atom. The first kappa shape index (κ1) is 36.2. The van der Waals surface area contributed by atoms with Crippen LogP contribution in [0, 0.1) is 24.7 Å². The minimum Gasteiger partial charge on any atom is -0.481 e. The molecule has 0 bridgehead atoms. The lowest BCUT2D eigenvalue weighted by Crippen LogP contribution is -2.41. The maximum Gasteiger partial charge on any atom is 0.330 e. The number of epoxide rings is 1. The van der Waals surface area contributed by atoms with Crippen molar-refractivity contribution in [1.29, 1.82) is 0 Å². The van der Waals surface area contributed by atoms with E-state index in [0.29, 0.717) is 12.3 Å². The number of allylic oxidation sites excluding steroid dienone is 5. The lowest BCUT2D eigenvalue weighted by molar-refractivity contribution is -0.150. The van der Waals surface area contributed by atoms with Crippen molar-refractivity contribution >= 4 is 18.0 Å². The van der Waals surface area contributed by atoms with E-state index in [0.717, 1.165) is 16.8 Å². The van der Waals surface area contributed by atoms with E-state index in [9.17, 15) is 24.9 Å². The van der Waals surface area contributed by atoms with E-state index >= 15 is 0 Å². The number of carboxylic acid groups (broad SMARTS) is 1. The van der Waals surface area contributed by atoms with Gasteiger partial charge < -0.3 is 33.9 Å². The fraction of sp³-hybridized carbons (Fsp3) is 0.571. The molecule has 0 aliphatic carbocycles. The second kappa shape index (κ2) is 16.3. The molecule has 0 spiro atoms. The summed E-state index contributed by atoms with van der Waals surface area (Å²) in [6.07, 6.45) is 13.2. The fourth-order valence-corrected chi connectivity index (χ4v) is 5.76. The Labute approximate surface area is 266 Å². The normalized spacial score (nSPS) is 33.2. The van der Waals surface area contributed by atoms with E-state index in [4.69, 9.17) is 18.6 Å². The van der Waals surface area contributed by atoms with Crippen LogP contribution in [-0.2, 0) is 23.8 Å². The predicted molar refractivity (Wildman–Crippen MR) is 170 cm³/mol. The van der Waals surface area contributed by atoms with Crippen LogP contribution in [0.1, 0.15) is 71.9 Å². The monoisotopic (exact) mass is 627 g/mol. The minimum absolute atomic E-state index is 0.114. The number of aryl methyl sites for hydroxylation is 1.